The van der Waals surface area contributed by atoms with Crippen LogP contribution in [0, 0.1) is 5.92 Å². The molecule has 0 aromatic heterocycles. The molecule has 74 valence electrons. The first-order chi connectivity index (χ1) is 6.06. The van der Waals surface area contributed by atoms with E-state index in [1.54, 1.807) is 6.08 Å². The predicted octanol–water partition coefficient (Wildman–Crippen LogP) is 3.08. The molecule has 1 unspecified atom stereocenters. The summed E-state index contributed by atoms with van der Waals surface area (Å²) in [7, 11) is 0. The van der Waals surface area contributed by atoms with Crippen molar-refractivity contribution in [2.45, 2.75) is 32.8 Å². The first-order valence-electron chi connectivity index (χ1n) is 4.70. The Balaban J connectivity index is 3.68. The van der Waals surface area contributed by atoms with Crippen molar-refractivity contribution in [2.24, 2.45) is 5.92 Å². The molecule has 1 N–H and O–H groups in total. The number of aliphatic hydroxyl groups excluding tert-OH is 1. The second-order valence-corrected chi connectivity index (χ2v) is 3.56. The summed E-state index contributed by atoms with van der Waals surface area (Å²) in [5.41, 5.74) is 0.968. The second-order valence-electron chi connectivity index (χ2n) is 3.56. The van der Waals surface area contributed by atoms with Gasteiger partial charge in [-0.05, 0) is 25.7 Å². The quantitative estimate of drug-likeness (QED) is 0.492. The highest BCUT2D eigenvalue weighted by Gasteiger charge is 2.01. The number of aliphatic hydroxyl groups is 1. The monoisotopic (exact) mass is 180 g/mol. The lowest BCUT2D eigenvalue weighted by molar-refractivity contribution is 0.205. The van der Waals surface area contributed by atoms with E-state index in [4.69, 9.17) is 0 Å². The van der Waals surface area contributed by atoms with Gasteiger partial charge in [-0.3, -0.25) is 0 Å². The normalized spacial score (nSPS) is 15.6. The van der Waals surface area contributed by atoms with Gasteiger partial charge in [-0.2, -0.15) is 0 Å². The SMILES string of the molecule is C=C[C@@H](C)CCC(O)/C=C/C(=C)C. The third-order valence-corrected chi connectivity index (χ3v) is 1.92. The van der Waals surface area contributed by atoms with E-state index in [0.717, 1.165) is 18.4 Å². The average molecular weight is 180 g/mol. The van der Waals surface area contributed by atoms with Gasteiger partial charge in [0.05, 0.1) is 6.10 Å². The smallest absolute Gasteiger partial charge is 0.0724 e. The van der Waals surface area contributed by atoms with Crippen molar-refractivity contribution in [2.75, 3.05) is 0 Å². The molecule has 2 atom stereocenters. The summed E-state index contributed by atoms with van der Waals surface area (Å²) >= 11 is 0. The highest BCUT2D eigenvalue weighted by molar-refractivity contribution is 5.12. The highest BCUT2D eigenvalue weighted by Crippen LogP contribution is 2.09. The summed E-state index contributed by atoms with van der Waals surface area (Å²) in [5, 5.41) is 9.48. The molecule has 0 aliphatic carbocycles. The molecule has 1 heteroatoms. The Morgan fingerprint density at radius 2 is 2.08 bits per heavy atom. The Kier molecular flexibility index (Phi) is 6.25. The zero-order valence-electron chi connectivity index (χ0n) is 8.66. The largest absolute Gasteiger partial charge is 0.389 e. The lowest BCUT2D eigenvalue weighted by atomic mass is 10.0. The van der Waals surface area contributed by atoms with Crippen LogP contribution in [0.5, 0.6) is 0 Å². The maximum atomic E-state index is 9.48. The first kappa shape index (κ1) is 12.2. The van der Waals surface area contributed by atoms with Crippen molar-refractivity contribution in [3.8, 4) is 0 Å². The minimum atomic E-state index is -0.348. The molecular weight excluding hydrogens is 160 g/mol. The minimum Gasteiger partial charge on any atom is -0.389 e. The Hall–Kier alpha value is -0.820. The van der Waals surface area contributed by atoms with Crippen LogP contribution in [-0.2, 0) is 0 Å². The molecule has 0 rings (SSSR count). The lowest BCUT2D eigenvalue weighted by Crippen LogP contribution is -2.04. The van der Waals surface area contributed by atoms with E-state index < -0.39 is 0 Å². The summed E-state index contributed by atoms with van der Waals surface area (Å²) in [4.78, 5) is 0. The van der Waals surface area contributed by atoms with Gasteiger partial charge in [0.2, 0.25) is 0 Å². The van der Waals surface area contributed by atoms with Gasteiger partial charge in [0.1, 0.15) is 0 Å². The van der Waals surface area contributed by atoms with Gasteiger partial charge in [-0.25, -0.2) is 0 Å². The van der Waals surface area contributed by atoms with Crippen molar-refractivity contribution in [1.29, 1.82) is 0 Å². The summed E-state index contributed by atoms with van der Waals surface area (Å²) in [6.45, 7) is 11.4. The van der Waals surface area contributed by atoms with Gasteiger partial charge in [0.25, 0.3) is 0 Å². The van der Waals surface area contributed by atoms with Crippen molar-refractivity contribution in [1.82, 2.24) is 0 Å². The van der Waals surface area contributed by atoms with E-state index in [-0.39, 0.29) is 6.10 Å². The number of rotatable bonds is 6. The van der Waals surface area contributed by atoms with Crippen molar-refractivity contribution >= 4 is 0 Å². The van der Waals surface area contributed by atoms with Crippen LogP contribution in [0.3, 0.4) is 0 Å². The lowest BCUT2D eigenvalue weighted by Gasteiger charge is -2.08. The van der Waals surface area contributed by atoms with Crippen LogP contribution in [0.15, 0.2) is 37.0 Å². The summed E-state index contributed by atoms with van der Waals surface area (Å²) in [6.07, 6.45) is 6.97. The van der Waals surface area contributed by atoms with Gasteiger partial charge in [0, 0.05) is 0 Å². The van der Waals surface area contributed by atoms with Gasteiger partial charge in [0.15, 0.2) is 0 Å². The molecule has 0 aliphatic heterocycles. The number of hydrogen-bond donors (Lipinski definition) is 1. The van der Waals surface area contributed by atoms with Crippen molar-refractivity contribution < 1.29 is 5.11 Å². The standard InChI is InChI=1S/C12H20O/c1-5-11(4)7-9-12(13)8-6-10(2)3/h5-6,8,11-13H,1-2,7,9H2,3-4H3/b8-6+/t11-,12?/m1/s1. The minimum absolute atomic E-state index is 0.348. The first-order valence-corrected chi connectivity index (χ1v) is 4.70. The highest BCUT2D eigenvalue weighted by atomic mass is 16.3. The zero-order valence-corrected chi connectivity index (χ0v) is 8.66. The third-order valence-electron chi connectivity index (χ3n) is 1.92. The fraction of sp³-hybridized carbons (Fsp3) is 0.500. The molecule has 0 radical (unpaired) electrons. The summed E-state index contributed by atoms with van der Waals surface area (Å²) < 4.78 is 0. The Labute approximate surface area is 81.5 Å². The molecule has 0 aliphatic rings. The molecule has 0 saturated heterocycles. The van der Waals surface area contributed by atoms with Crippen LogP contribution >= 0.6 is 0 Å². The molecule has 0 fully saturated rings. The van der Waals surface area contributed by atoms with E-state index in [9.17, 15) is 5.11 Å². The average Bonchev–Trinajstić information content (AvgIpc) is 2.10. The Bertz CT molecular complexity index is 191. The van der Waals surface area contributed by atoms with Crippen molar-refractivity contribution in [3.63, 3.8) is 0 Å². The molecule has 0 bridgehead atoms. The van der Waals surface area contributed by atoms with Crippen molar-refractivity contribution in [3.05, 3.63) is 37.0 Å². The summed E-state index contributed by atoms with van der Waals surface area (Å²) in [5.74, 6) is 0.480. The fourth-order valence-electron chi connectivity index (χ4n) is 0.923. The maximum absolute atomic E-state index is 9.48. The van der Waals surface area contributed by atoms with Crippen LogP contribution in [0.1, 0.15) is 26.7 Å². The predicted molar refractivity (Wildman–Crippen MR) is 58.6 cm³/mol. The topological polar surface area (TPSA) is 20.2 Å². The Morgan fingerprint density at radius 1 is 1.46 bits per heavy atom. The second kappa shape index (κ2) is 6.67. The number of hydrogen-bond acceptors (Lipinski definition) is 1. The van der Waals surface area contributed by atoms with Crippen LogP contribution in [-0.4, -0.2) is 11.2 Å². The van der Waals surface area contributed by atoms with Gasteiger partial charge in [-0.1, -0.05) is 37.3 Å². The zero-order chi connectivity index (χ0) is 10.3. The van der Waals surface area contributed by atoms with E-state index in [0.29, 0.717) is 5.92 Å². The van der Waals surface area contributed by atoms with Crippen LogP contribution in [0.25, 0.3) is 0 Å². The summed E-state index contributed by atoms with van der Waals surface area (Å²) in [6, 6.07) is 0. The molecule has 1 nitrogen and oxygen atoms in total. The molecule has 0 saturated carbocycles. The van der Waals surface area contributed by atoms with Gasteiger partial charge < -0.3 is 5.11 Å². The molecule has 0 amide bonds. The van der Waals surface area contributed by atoms with E-state index in [1.807, 2.05) is 19.1 Å². The van der Waals surface area contributed by atoms with E-state index >= 15 is 0 Å². The third kappa shape index (κ3) is 7.54. The maximum Gasteiger partial charge on any atom is 0.0724 e. The number of allylic oxidation sites excluding steroid dienone is 3. The fourth-order valence-corrected chi connectivity index (χ4v) is 0.923. The van der Waals surface area contributed by atoms with Gasteiger partial charge >= 0.3 is 0 Å². The molecular formula is C12H20O. The van der Waals surface area contributed by atoms with E-state index in [2.05, 4.69) is 20.1 Å². The molecule has 13 heavy (non-hydrogen) atoms. The van der Waals surface area contributed by atoms with Crippen LogP contribution in [0.4, 0.5) is 0 Å². The Morgan fingerprint density at radius 3 is 2.54 bits per heavy atom. The van der Waals surface area contributed by atoms with Gasteiger partial charge in [-0.15, -0.1) is 6.58 Å². The van der Waals surface area contributed by atoms with E-state index in [1.165, 1.54) is 0 Å². The molecule has 0 aromatic carbocycles. The van der Waals surface area contributed by atoms with Crippen LogP contribution < -0.4 is 0 Å². The van der Waals surface area contributed by atoms with Crippen LogP contribution in [0.2, 0.25) is 0 Å². The molecule has 0 heterocycles. The molecule has 0 aromatic rings. The molecule has 0 spiro atoms.